The minimum Gasteiger partial charge on any atom is -0.391 e. The first kappa shape index (κ1) is 49.9. The van der Waals surface area contributed by atoms with Crippen LogP contribution in [-0.4, -0.2) is 146 Å². The molecule has 0 radical (unpaired) electrons. The van der Waals surface area contributed by atoms with E-state index in [1.165, 1.54) is 21.6 Å². The highest BCUT2D eigenvalue weighted by atomic mass is 16.3. The Morgan fingerprint density at radius 2 is 1.03 bits per heavy atom. The average Bonchev–Trinajstić information content (AvgIpc) is 4.12. The van der Waals surface area contributed by atoms with Crippen molar-refractivity contribution in [1.82, 2.24) is 46.3 Å². The summed E-state index contributed by atoms with van der Waals surface area (Å²) in [5.41, 5.74) is 1.59. The number of amides is 8. The second kappa shape index (κ2) is 21.9. The summed E-state index contributed by atoms with van der Waals surface area (Å²) in [6, 6.07) is -1.33. The third kappa shape index (κ3) is 11.3. The van der Waals surface area contributed by atoms with Gasteiger partial charge in [-0.25, -0.2) is 0 Å². The van der Waals surface area contributed by atoms with E-state index in [4.69, 9.17) is 0 Å². The van der Waals surface area contributed by atoms with Gasteiger partial charge in [0.1, 0.15) is 48.3 Å². The largest absolute Gasteiger partial charge is 0.391 e. The van der Waals surface area contributed by atoms with Gasteiger partial charge in [-0.15, -0.1) is 0 Å². The van der Waals surface area contributed by atoms with Gasteiger partial charge in [0, 0.05) is 43.2 Å². The van der Waals surface area contributed by atoms with Crippen LogP contribution in [0.2, 0.25) is 0 Å². The fourth-order valence-corrected chi connectivity index (χ4v) is 9.98. The lowest BCUT2D eigenvalue weighted by Crippen LogP contribution is -2.62. The lowest BCUT2D eigenvalue weighted by molar-refractivity contribution is -0.146. The third-order valence-electron chi connectivity index (χ3n) is 13.7. The molecule has 0 bridgehead atoms. The Bertz CT molecular complexity index is 2120. The Morgan fingerprint density at radius 3 is 1.56 bits per heavy atom. The van der Waals surface area contributed by atoms with Crippen LogP contribution in [0.1, 0.15) is 112 Å². The smallest absolute Gasteiger partial charge is 0.248 e. The second-order valence-corrected chi connectivity index (χ2v) is 19.7. The standard InChI is InChI=1S/C48H71N9O9/c1-8-28(6)39-47(65)56-20-12-17-37(56)44(62)50-33(22-26(2)3)41(59)54-40(29(7)58)48(66)57-21-13-18-38(57)45(63)52-35(23-27(4)5)46(64)55-19-11-16-36(55)43(61)51-34(42(60)53-39)24-30-25-49-32-15-10-9-14-31(30)32/h9-10,14-15,25-29,33-40,49,58H,8,11-13,16-24H2,1-7H3,(H,50,62)(H,51,61)(H,52,63)(H,53,60)(H,54,59)/t28-,29+,33-,34-,35-,36-,37-,38-,39-,40-/m0/s1. The summed E-state index contributed by atoms with van der Waals surface area (Å²) in [6.45, 7) is 13.3. The van der Waals surface area contributed by atoms with E-state index < -0.39 is 108 Å². The third-order valence-corrected chi connectivity index (χ3v) is 13.7. The lowest BCUT2D eigenvalue weighted by Gasteiger charge is -2.34. The highest BCUT2D eigenvalue weighted by Gasteiger charge is 2.45. The fraction of sp³-hybridized carbons (Fsp3) is 0.667. The van der Waals surface area contributed by atoms with Crippen molar-refractivity contribution in [2.24, 2.45) is 17.8 Å². The number of aromatic nitrogens is 1. The van der Waals surface area contributed by atoms with Crippen molar-refractivity contribution in [3.05, 3.63) is 36.0 Å². The predicted molar refractivity (Wildman–Crippen MR) is 246 cm³/mol. The van der Waals surface area contributed by atoms with Crippen LogP contribution in [0, 0.1) is 17.8 Å². The van der Waals surface area contributed by atoms with Crippen LogP contribution in [0.3, 0.4) is 0 Å². The van der Waals surface area contributed by atoms with Gasteiger partial charge in [-0.2, -0.15) is 0 Å². The maximum Gasteiger partial charge on any atom is 0.248 e. The number of hydrogen-bond donors (Lipinski definition) is 7. The van der Waals surface area contributed by atoms with Gasteiger partial charge >= 0.3 is 0 Å². The molecule has 1 aromatic heterocycles. The zero-order valence-electron chi connectivity index (χ0n) is 39.6. The molecule has 8 amide bonds. The summed E-state index contributed by atoms with van der Waals surface area (Å²) in [7, 11) is 0. The Morgan fingerprint density at radius 1 is 0.576 bits per heavy atom. The predicted octanol–water partition coefficient (Wildman–Crippen LogP) is 1.64. The number of H-pyrrole nitrogens is 1. The van der Waals surface area contributed by atoms with Gasteiger partial charge in [-0.3, -0.25) is 38.4 Å². The number of aliphatic hydroxyl groups excluding tert-OH is 1. The van der Waals surface area contributed by atoms with E-state index in [0.717, 1.165) is 16.5 Å². The molecule has 0 saturated carbocycles. The number of nitrogens with one attached hydrogen (secondary N) is 6. The Hall–Kier alpha value is -5.52. The first-order valence-corrected chi connectivity index (χ1v) is 24.1. The highest BCUT2D eigenvalue weighted by molar-refractivity contribution is 6.00. The molecule has 0 unspecified atom stereocenters. The molecule has 7 N–H and O–H groups in total. The van der Waals surface area contributed by atoms with Gasteiger partial charge in [0.2, 0.25) is 47.3 Å². The number of aliphatic hydroxyl groups is 1. The van der Waals surface area contributed by atoms with Crippen LogP contribution in [0.15, 0.2) is 30.5 Å². The number of hydrogen-bond acceptors (Lipinski definition) is 9. The maximum absolute atomic E-state index is 14.7. The first-order chi connectivity index (χ1) is 31.4. The van der Waals surface area contributed by atoms with Gasteiger partial charge in [0.05, 0.1) is 6.10 Å². The molecule has 10 atom stereocenters. The summed E-state index contributed by atoms with van der Waals surface area (Å²) in [5.74, 6) is -5.19. The molecule has 0 spiro atoms. The number of carbonyl (C=O) groups excluding carboxylic acids is 8. The van der Waals surface area contributed by atoms with Crippen LogP contribution in [0.4, 0.5) is 0 Å². The molecule has 66 heavy (non-hydrogen) atoms. The summed E-state index contributed by atoms with van der Waals surface area (Å²) in [5, 5.41) is 26.1. The number of para-hydroxylation sites is 1. The topological polar surface area (TPSA) is 242 Å². The molecule has 4 aliphatic heterocycles. The minimum atomic E-state index is -1.47. The second-order valence-electron chi connectivity index (χ2n) is 19.7. The molecule has 4 saturated heterocycles. The molecule has 0 aliphatic carbocycles. The van der Waals surface area contributed by atoms with E-state index in [-0.39, 0.29) is 57.2 Å². The van der Waals surface area contributed by atoms with Crippen LogP contribution in [0.5, 0.6) is 0 Å². The van der Waals surface area contributed by atoms with Gasteiger partial charge in [0.25, 0.3) is 0 Å². The van der Waals surface area contributed by atoms with E-state index in [9.17, 15) is 43.5 Å². The van der Waals surface area contributed by atoms with Gasteiger partial charge in [0.15, 0.2) is 0 Å². The number of aromatic amines is 1. The minimum absolute atomic E-state index is 0.0519. The number of rotatable bonds is 9. The Balaban J connectivity index is 1.40. The molecule has 6 rings (SSSR count). The molecule has 2 aromatic rings. The molecular weight excluding hydrogens is 847 g/mol. The monoisotopic (exact) mass is 918 g/mol. The van der Waals surface area contributed by atoms with Crippen molar-refractivity contribution < 1.29 is 43.5 Å². The van der Waals surface area contributed by atoms with Gasteiger partial charge in [-0.05, 0) is 87.7 Å². The average molecular weight is 918 g/mol. The SMILES string of the molecule is CC[C@H](C)[C@@H]1NC(=O)[C@H](Cc2c[nH]c3ccccc23)NC(=O)[C@@H]2CCCN2C(=O)[C@H](CC(C)C)NC(=O)[C@@H]2CCCN2C(=O)[C@H]([C@@H](C)O)NC(=O)[C@H](CC(C)C)NC(=O)[C@@H]2CCCN2C1=O. The maximum atomic E-state index is 14.7. The van der Waals surface area contributed by atoms with Crippen molar-refractivity contribution in [3.8, 4) is 0 Å². The molecule has 1 aromatic carbocycles. The Kier molecular flexibility index (Phi) is 16.5. The van der Waals surface area contributed by atoms with Crippen molar-refractivity contribution in [1.29, 1.82) is 0 Å². The van der Waals surface area contributed by atoms with E-state index in [0.29, 0.717) is 38.5 Å². The van der Waals surface area contributed by atoms with Gasteiger partial charge in [-0.1, -0.05) is 66.2 Å². The lowest BCUT2D eigenvalue weighted by atomic mass is 9.96. The molecular formula is C48H71N9O9. The van der Waals surface area contributed by atoms with Crippen LogP contribution in [-0.2, 0) is 44.8 Å². The number of nitrogens with zero attached hydrogens (tertiary/aromatic N) is 3. The van der Waals surface area contributed by atoms with Crippen molar-refractivity contribution in [3.63, 3.8) is 0 Å². The summed E-state index contributed by atoms with van der Waals surface area (Å²) < 4.78 is 0. The number of fused-ring (bicyclic) bond motifs is 4. The van der Waals surface area contributed by atoms with E-state index >= 15 is 0 Å². The number of benzene rings is 1. The van der Waals surface area contributed by atoms with Crippen LogP contribution >= 0.6 is 0 Å². The van der Waals surface area contributed by atoms with Crippen molar-refractivity contribution in [2.45, 2.75) is 167 Å². The quantitative estimate of drug-likeness (QED) is 0.193. The molecule has 18 heteroatoms. The molecule has 18 nitrogen and oxygen atoms in total. The van der Waals surface area contributed by atoms with E-state index in [1.54, 1.807) is 6.20 Å². The van der Waals surface area contributed by atoms with Crippen LogP contribution < -0.4 is 26.6 Å². The summed E-state index contributed by atoms with van der Waals surface area (Å²) in [6.07, 6.45) is 3.67. The Labute approximate surface area is 387 Å². The summed E-state index contributed by atoms with van der Waals surface area (Å²) in [4.78, 5) is 123. The molecule has 4 fully saturated rings. The van der Waals surface area contributed by atoms with Crippen LogP contribution in [0.25, 0.3) is 10.9 Å². The molecule has 362 valence electrons. The molecule has 4 aliphatic rings. The highest BCUT2D eigenvalue weighted by Crippen LogP contribution is 2.26. The zero-order valence-corrected chi connectivity index (χ0v) is 39.6. The fourth-order valence-electron chi connectivity index (χ4n) is 9.98. The summed E-state index contributed by atoms with van der Waals surface area (Å²) >= 11 is 0. The van der Waals surface area contributed by atoms with E-state index in [1.807, 2.05) is 65.8 Å². The normalized spacial score (nSPS) is 28.9. The number of carbonyl (C=O) groups is 8. The first-order valence-electron chi connectivity index (χ1n) is 24.1. The van der Waals surface area contributed by atoms with E-state index in [2.05, 4.69) is 31.6 Å². The zero-order chi connectivity index (χ0) is 48.0. The van der Waals surface area contributed by atoms with Gasteiger partial charge < -0.3 is 51.4 Å². The van der Waals surface area contributed by atoms with Crippen molar-refractivity contribution in [2.75, 3.05) is 19.6 Å². The van der Waals surface area contributed by atoms with Crippen molar-refractivity contribution >= 4 is 58.2 Å². The molecule has 5 heterocycles.